The third kappa shape index (κ3) is 6.46. The van der Waals surface area contributed by atoms with Gasteiger partial charge in [-0.1, -0.05) is 23.4 Å². The van der Waals surface area contributed by atoms with E-state index in [9.17, 15) is 9.90 Å². The van der Waals surface area contributed by atoms with Crippen molar-refractivity contribution in [3.8, 4) is 5.75 Å². The number of ether oxygens (including phenoxy) is 1. The van der Waals surface area contributed by atoms with Gasteiger partial charge in [-0.2, -0.15) is 5.10 Å². The Hall–Kier alpha value is -3.29. The molecule has 0 aliphatic carbocycles. The van der Waals surface area contributed by atoms with Gasteiger partial charge < -0.3 is 20.4 Å². The second-order valence-corrected chi connectivity index (χ2v) is 6.41. The molecule has 0 amide bonds. The molecule has 1 heterocycles. The van der Waals surface area contributed by atoms with Crippen molar-refractivity contribution in [2.45, 2.75) is 26.2 Å². The smallest absolute Gasteiger partial charge is 0.304 e. The zero-order valence-electron chi connectivity index (χ0n) is 16.3. The molecule has 0 radical (unpaired) electrons. The molecule has 0 saturated carbocycles. The maximum atomic E-state index is 11.3. The minimum Gasteiger partial charge on any atom is -0.486 e. The topological polar surface area (TPSA) is 112 Å². The number of aromatic nitrogens is 2. The van der Waals surface area contributed by atoms with Crippen molar-refractivity contribution in [2.75, 3.05) is 13.2 Å². The van der Waals surface area contributed by atoms with Crippen LogP contribution in [0.1, 0.15) is 37.4 Å². The Labute approximate surface area is 164 Å². The minimum absolute atomic E-state index is 0.0419. The first-order valence-corrected chi connectivity index (χ1v) is 8.89. The number of carboxylic acid groups (broad SMARTS) is 1. The molecule has 3 N–H and O–H groups in total. The van der Waals surface area contributed by atoms with Gasteiger partial charge in [-0.05, 0) is 43.2 Å². The number of nitrogens with two attached hydrogens (primary N) is 1. The monoisotopic (exact) mass is 386 g/mol. The lowest BCUT2D eigenvalue weighted by atomic mass is 9.92. The molecule has 1 aromatic heterocycles. The number of carboxylic acids is 1. The van der Waals surface area contributed by atoms with E-state index in [1.165, 1.54) is 0 Å². The standard InChI is InChI=1S/C20H26N4O4/c1-4-14(2)12-28-23-19(21)13-27-16-7-5-15(6-8-16)17(11-20(25)26)18-9-10-24(3)22-18/h4-10,17H,11-13H2,1-3H3,(H2,21,23)(H,25,26)/b14-4+/t17-/m0/s1. The van der Waals surface area contributed by atoms with Crippen LogP contribution in [0.3, 0.4) is 0 Å². The first-order valence-electron chi connectivity index (χ1n) is 8.89. The Morgan fingerprint density at radius 2 is 2.04 bits per heavy atom. The molecule has 0 fully saturated rings. The molecule has 0 unspecified atom stereocenters. The van der Waals surface area contributed by atoms with E-state index in [-0.39, 0.29) is 24.8 Å². The van der Waals surface area contributed by atoms with E-state index in [4.69, 9.17) is 15.3 Å². The fourth-order valence-electron chi connectivity index (χ4n) is 2.47. The summed E-state index contributed by atoms with van der Waals surface area (Å²) < 4.78 is 7.25. The molecule has 0 aliphatic rings. The van der Waals surface area contributed by atoms with Gasteiger partial charge in [-0.3, -0.25) is 9.48 Å². The molecule has 8 heteroatoms. The van der Waals surface area contributed by atoms with E-state index < -0.39 is 5.97 Å². The molecular formula is C20H26N4O4. The lowest BCUT2D eigenvalue weighted by molar-refractivity contribution is -0.137. The van der Waals surface area contributed by atoms with Crippen LogP contribution in [-0.4, -0.2) is 39.9 Å². The first kappa shape index (κ1) is 21.0. The highest BCUT2D eigenvalue weighted by Gasteiger charge is 2.20. The van der Waals surface area contributed by atoms with Crippen LogP contribution in [0.4, 0.5) is 0 Å². The Balaban J connectivity index is 1.99. The number of rotatable bonds is 10. The van der Waals surface area contributed by atoms with Gasteiger partial charge in [-0.25, -0.2) is 0 Å². The summed E-state index contributed by atoms with van der Waals surface area (Å²) in [5.41, 5.74) is 8.38. The van der Waals surface area contributed by atoms with Crippen molar-refractivity contribution >= 4 is 11.8 Å². The van der Waals surface area contributed by atoms with Gasteiger partial charge in [0, 0.05) is 19.2 Å². The predicted molar refractivity (Wildman–Crippen MR) is 106 cm³/mol. The van der Waals surface area contributed by atoms with E-state index in [2.05, 4.69) is 10.3 Å². The van der Waals surface area contributed by atoms with Gasteiger partial charge in [0.2, 0.25) is 0 Å². The lowest BCUT2D eigenvalue weighted by Gasteiger charge is -2.14. The van der Waals surface area contributed by atoms with Crippen LogP contribution in [0.5, 0.6) is 5.75 Å². The summed E-state index contributed by atoms with van der Waals surface area (Å²) in [5, 5.41) is 17.4. The summed E-state index contributed by atoms with van der Waals surface area (Å²) in [6.45, 7) is 4.33. The van der Waals surface area contributed by atoms with Crippen molar-refractivity contribution in [1.29, 1.82) is 0 Å². The second-order valence-electron chi connectivity index (χ2n) is 6.41. The number of aliphatic carboxylic acids is 1. The zero-order valence-corrected chi connectivity index (χ0v) is 16.3. The van der Waals surface area contributed by atoms with Gasteiger partial charge >= 0.3 is 5.97 Å². The van der Waals surface area contributed by atoms with Gasteiger partial charge in [-0.15, -0.1) is 0 Å². The molecule has 8 nitrogen and oxygen atoms in total. The molecule has 0 aliphatic heterocycles. The Morgan fingerprint density at radius 1 is 1.32 bits per heavy atom. The molecule has 0 saturated heterocycles. The number of nitrogens with zero attached hydrogens (tertiary/aromatic N) is 3. The number of oxime groups is 1. The third-order valence-corrected chi connectivity index (χ3v) is 4.11. The van der Waals surface area contributed by atoms with E-state index >= 15 is 0 Å². The number of hydrogen-bond donors (Lipinski definition) is 2. The van der Waals surface area contributed by atoms with Crippen LogP contribution in [0.15, 0.2) is 53.3 Å². The highest BCUT2D eigenvalue weighted by Crippen LogP contribution is 2.28. The van der Waals surface area contributed by atoms with Gasteiger partial charge in [0.15, 0.2) is 5.84 Å². The van der Waals surface area contributed by atoms with Gasteiger partial charge in [0.05, 0.1) is 12.1 Å². The highest BCUT2D eigenvalue weighted by molar-refractivity contribution is 5.81. The number of hydrogen-bond acceptors (Lipinski definition) is 5. The maximum Gasteiger partial charge on any atom is 0.304 e. The maximum absolute atomic E-state index is 11.3. The van der Waals surface area contributed by atoms with Crippen molar-refractivity contribution < 1.29 is 19.5 Å². The minimum atomic E-state index is -0.881. The number of allylic oxidation sites excluding steroid dienone is 1. The van der Waals surface area contributed by atoms with Crippen LogP contribution in [-0.2, 0) is 16.7 Å². The van der Waals surface area contributed by atoms with Gasteiger partial charge in [0.1, 0.15) is 19.0 Å². The Kier molecular flexibility index (Phi) is 7.62. The molecule has 2 rings (SSSR count). The fourth-order valence-corrected chi connectivity index (χ4v) is 2.47. The summed E-state index contributed by atoms with van der Waals surface area (Å²) in [4.78, 5) is 16.4. The molecule has 1 atom stereocenters. The van der Waals surface area contributed by atoms with Crippen LogP contribution < -0.4 is 10.5 Å². The van der Waals surface area contributed by atoms with Crippen LogP contribution in [0.25, 0.3) is 0 Å². The molecule has 0 spiro atoms. The molecule has 150 valence electrons. The van der Waals surface area contributed by atoms with Crippen LogP contribution >= 0.6 is 0 Å². The van der Waals surface area contributed by atoms with E-state index in [0.717, 1.165) is 11.1 Å². The summed E-state index contributed by atoms with van der Waals surface area (Å²) in [5.74, 6) is -0.386. The van der Waals surface area contributed by atoms with Crippen molar-refractivity contribution in [1.82, 2.24) is 9.78 Å². The van der Waals surface area contributed by atoms with Gasteiger partial charge in [0.25, 0.3) is 0 Å². The molecular weight excluding hydrogens is 360 g/mol. The van der Waals surface area contributed by atoms with Crippen molar-refractivity contribution in [3.63, 3.8) is 0 Å². The first-order chi connectivity index (χ1) is 13.4. The number of benzene rings is 1. The number of carbonyl (C=O) groups is 1. The average Bonchev–Trinajstić information content (AvgIpc) is 3.10. The quantitative estimate of drug-likeness (QED) is 0.281. The zero-order chi connectivity index (χ0) is 20.5. The average molecular weight is 386 g/mol. The van der Waals surface area contributed by atoms with E-state index in [1.807, 2.05) is 38.1 Å². The SMILES string of the molecule is C/C=C(\C)CO/N=C(\N)COc1ccc([C@H](CC(=O)O)c2ccn(C)n2)cc1. The summed E-state index contributed by atoms with van der Waals surface area (Å²) in [7, 11) is 1.80. The summed E-state index contributed by atoms with van der Waals surface area (Å²) >= 11 is 0. The van der Waals surface area contributed by atoms with E-state index in [0.29, 0.717) is 18.1 Å². The second kappa shape index (κ2) is 10.1. The molecule has 2 aromatic rings. The third-order valence-electron chi connectivity index (χ3n) is 4.11. The van der Waals surface area contributed by atoms with Crippen molar-refractivity contribution in [3.05, 3.63) is 59.4 Å². The normalized spacial score (nSPS) is 13.2. The summed E-state index contributed by atoms with van der Waals surface area (Å²) in [6, 6.07) is 9.02. The Bertz CT molecular complexity index is 840. The Morgan fingerprint density at radius 3 is 2.61 bits per heavy atom. The molecule has 28 heavy (non-hydrogen) atoms. The fraction of sp³-hybridized carbons (Fsp3) is 0.350. The van der Waals surface area contributed by atoms with E-state index in [1.54, 1.807) is 30.1 Å². The van der Waals surface area contributed by atoms with Crippen molar-refractivity contribution in [2.24, 2.45) is 17.9 Å². The highest BCUT2D eigenvalue weighted by atomic mass is 16.6. The predicted octanol–water partition coefficient (Wildman–Crippen LogP) is 2.66. The lowest BCUT2D eigenvalue weighted by Crippen LogP contribution is -2.21. The van der Waals surface area contributed by atoms with Crippen LogP contribution in [0.2, 0.25) is 0 Å². The molecule has 1 aromatic carbocycles. The largest absolute Gasteiger partial charge is 0.486 e. The molecule has 0 bridgehead atoms. The summed E-state index contributed by atoms with van der Waals surface area (Å²) in [6.07, 6.45) is 3.69. The number of amidine groups is 1. The van der Waals surface area contributed by atoms with Crippen LogP contribution in [0, 0.1) is 0 Å². The number of aryl methyl sites for hydroxylation is 1.